The van der Waals surface area contributed by atoms with Gasteiger partial charge in [0.1, 0.15) is 0 Å². The van der Waals surface area contributed by atoms with Gasteiger partial charge in [0.25, 0.3) is 0 Å². The summed E-state index contributed by atoms with van der Waals surface area (Å²) in [6.45, 7) is 6.50. The Morgan fingerprint density at radius 3 is 2.72 bits per heavy atom. The van der Waals surface area contributed by atoms with Crippen molar-refractivity contribution in [3.8, 4) is 0 Å². The van der Waals surface area contributed by atoms with Crippen LogP contribution in [0, 0.1) is 5.92 Å². The Kier molecular flexibility index (Phi) is 11.0. The van der Waals surface area contributed by atoms with Crippen LogP contribution < -0.4 is 5.32 Å². The Labute approximate surface area is 197 Å². The molecule has 1 saturated heterocycles. The summed E-state index contributed by atoms with van der Waals surface area (Å²) < 4.78 is 11.3. The van der Waals surface area contributed by atoms with E-state index in [-0.39, 0.29) is 30.0 Å². The number of morpholine rings is 1. The first-order valence-electron chi connectivity index (χ1n) is 10.2. The van der Waals surface area contributed by atoms with Crippen LogP contribution >= 0.6 is 35.6 Å². The summed E-state index contributed by atoms with van der Waals surface area (Å²) in [5.74, 6) is 1.67. The van der Waals surface area contributed by atoms with Gasteiger partial charge in [0, 0.05) is 51.9 Å². The summed E-state index contributed by atoms with van der Waals surface area (Å²) >= 11 is 6.52. The lowest BCUT2D eigenvalue weighted by atomic mass is 10.0. The molecule has 2 fully saturated rings. The lowest BCUT2D eigenvalue weighted by molar-refractivity contribution is 0.0169. The highest BCUT2D eigenvalue weighted by Crippen LogP contribution is 2.29. The predicted molar refractivity (Wildman–Crippen MR) is 130 cm³/mol. The van der Waals surface area contributed by atoms with E-state index in [0.717, 1.165) is 75.1 Å². The van der Waals surface area contributed by atoms with E-state index in [2.05, 4.69) is 33.2 Å². The highest BCUT2D eigenvalue weighted by atomic mass is 127. The molecule has 1 aliphatic carbocycles. The van der Waals surface area contributed by atoms with Crippen molar-refractivity contribution >= 4 is 41.5 Å². The number of guanidine groups is 1. The minimum atomic E-state index is 0. The maximum Gasteiger partial charge on any atom is 0.193 e. The molecule has 0 bridgehead atoms. The second-order valence-corrected chi connectivity index (χ2v) is 7.96. The maximum absolute atomic E-state index is 6.52. The van der Waals surface area contributed by atoms with E-state index >= 15 is 0 Å². The maximum atomic E-state index is 6.52. The number of nitrogens with one attached hydrogen (secondary N) is 1. The molecule has 1 aromatic rings. The molecule has 1 aliphatic heterocycles. The minimum Gasteiger partial charge on any atom is -0.379 e. The monoisotopic (exact) mass is 536 g/mol. The number of ether oxygens (including phenoxy) is 2. The van der Waals surface area contributed by atoms with Crippen LogP contribution in [0.4, 0.5) is 0 Å². The average Bonchev–Trinajstić information content (AvgIpc) is 3.54. The summed E-state index contributed by atoms with van der Waals surface area (Å²) in [5, 5.41) is 4.34. The van der Waals surface area contributed by atoms with Gasteiger partial charge in [-0.15, -0.1) is 24.0 Å². The summed E-state index contributed by atoms with van der Waals surface area (Å²) in [6.07, 6.45) is 2.65. The zero-order chi connectivity index (χ0) is 19.8. The smallest absolute Gasteiger partial charge is 0.193 e. The van der Waals surface area contributed by atoms with Crippen molar-refractivity contribution in [2.24, 2.45) is 10.9 Å². The van der Waals surface area contributed by atoms with E-state index in [9.17, 15) is 0 Å². The Balaban J connectivity index is 0.00000300. The fraction of sp³-hybridized carbons (Fsp3) is 0.667. The van der Waals surface area contributed by atoms with Crippen LogP contribution in [-0.2, 0) is 9.47 Å². The van der Waals surface area contributed by atoms with Crippen LogP contribution in [0.5, 0.6) is 0 Å². The van der Waals surface area contributed by atoms with Gasteiger partial charge in [-0.05, 0) is 30.4 Å². The van der Waals surface area contributed by atoms with Gasteiger partial charge in [0.05, 0.1) is 25.9 Å². The molecule has 6 nitrogen and oxygen atoms in total. The molecule has 1 atom stereocenters. The van der Waals surface area contributed by atoms with E-state index in [0.29, 0.717) is 0 Å². The lowest BCUT2D eigenvalue weighted by Gasteiger charge is -2.36. The normalized spacial score (nSPS) is 18.8. The highest BCUT2D eigenvalue weighted by molar-refractivity contribution is 14.0. The first-order valence-corrected chi connectivity index (χ1v) is 10.6. The summed E-state index contributed by atoms with van der Waals surface area (Å²) in [4.78, 5) is 9.00. The van der Waals surface area contributed by atoms with Crippen molar-refractivity contribution in [1.82, 2.24) is 15.1 Å². The van der Waals surface area contributed by atoms with Crippen molar-refractivity contribution in [2.75, 3.05) is 66.7 Å². The summed E-state index contributed by atoms with van der Waals surface area (Å²) in [5.41, 5.74) is 1.14. The number of rotatable bonds is 9. The second kappa shape index (κ2) is 12.9. The summed E-state index contributed by atoms with van der Waals surface area (Å²) in [7, 11) is 3.87. The Morgan fingerprint density at radius 1 is 1.34 bits per heavy atom. The fourth-order valence-electron chi connectivity index (χ4n) is 3.48. The molecule has 3 rings (SSSR count). The molecule has 1 saturated carbocycles. The average molecular weight is 537 g/mol. The number of likely N-dealkylation sites (N-methyl/N-ethyl adjacent to an activating group) is 1. The van der Waals surface area contributed by atoms with E-state index in [4.69, 9.17) is 21.1 Å². The Hall–Kier alpha value is -0.610. The van der Waals surface area contributed by atoms with Gasteiger partial charge in [-0.1, -0.05) is 29.8 Å². The zero-order valence-electron chi connectivity index (χ0n) is 17.5. The molecule has 164 valence electrons. The first kappa shape index (κ1) is 24.7. The van der Waals surface area contributed by atoms with E-state index < -0.39 is 0 Å². The van der Waals surface area contributed by atoms with Gasteiger partial charge < -0.3 is 19.7 Å². The van der Waals surface area contributed by atoms with Crippen molar-refractivity contribution in [3.05, 3.63) is 34.9 Å². The van der Waals surface area contributed by atoms with Crippen molar-refractivity contribution < 1.29 is 9.47 Å². The van der Waals surface area contributed by atoms with Crippen LogP contribution in [0.2, 0.25) is 5.02 Å². The standard InChI is InChI=1S/C21H33ClN4O2.HI/c1-23-21(25(2)9-12-28-16-17-7-8-17)24-15-20(26-10-13-27-14-11-26)18-5-3-4-6-19(18)22;/h3-6,17,20H,7-16H2,1-2H3,(H,23,24);1H. The zero-order valence-corrected chi connectivity index (χ0v) is 20.6. The molecular formula is C21H34ClIN4O2. The quantitative estimate of drug-likeness (QED) is 0.227. The van der Waals surface area contributed by atoms with E-state index in [1.54, 1.807) is 0 Å². The number of aliphatic imine (C=N–C) groups is 1. The molecule has 1 aromatic carbocycles. The summed E-state index contributed by atoms with van der Waals surface area (Å²) in [6, 6.07) is 8.27. The molecule has 0 spiro atoms. The van der Waals surface area contributed by atoms with Gasteiger partial charge in [0.15, 0.2) is 5.96 Å². The van der Waals surface area contributed by atoms with Gasteiger partial charge >= 0.3 is 0 Å². The third kappa shape index (κ3) is 7.86. The van der Waals surface area contributed by atoms with Crippen LogP contribution in [0.25, 0.3) is 0 Å². The van der Waals surface area contributed by atoms with Crippen molar-refractivity contribution in [1.29, 1.82) is 0 Å². The Morgan fingerprint density at radius 2 is 2.07 bits per heavy atom. The van der Waals surface area contributed by atoms with Crippen LogP contribution in [0.3, 0.4) is 0 Å². The third-order valence-corrected chi connectivity index (χ3v) is 5.74. The molecule has 1 N–H and O–H groups in total. The number of nitrogens with zero attached hydrogens (tertiary/aromatic N) is 3. The van der Waals surface area contributed by atoms with Gasteiger partial charge in [-0.25, -0.2) is 0 Å². The SMILES string of the molecule is CN=C(NCC(c1ccccc1Cl)N1CCOCC1)N(C)CCOCC1CC1.I. The third-order valence-electron chi connectivity index (χ3n) is 5.40. The van der Waals surface area contributed by atoms with E-state index in [1.807, 2.05) is 25.2 Å². The molecular weight excluding hydrogens is 503 g/mol. The van der Waals surface area contributed by atoms with E-state index in [1.165, 1.54) is 12.8 Å². The number of hydrogen-bond donors (Lipinski definition) is 1. The lowest BCUT2D eigenvalue weighted by Crippen LogP contribution is -2.47. The topological polar surface area (TPSA) is 49.3 Å². The van der Waals surface area contributed by atoms with Gasteiger partial charge in [0.2, 0.25) is 0 Å². The molecule has 8 heteroatoms. The molecule has 0 radical (unpaired) electrons. The molecule has 2 aliphatic rings. The van der Waals surface area contributed by atoms with Crippen LogP contribution in [0.1, 0.15) is 24.4 Å². The first-order chi connectivity index (χ1) is 13.7. The van der Waals surface area contributed by atoms with Gasteiger partial charge in [-0.3, -0.25) is 9.89 Å². The molecule has 0 amide bonds. The molecule has 0 aromatic heterocycles. The highest BCUT2D eigenvalue weighted by Gasteiger charge is 2.25. The fourth-order valence-corrected chi connectivity index (χ4v) is 3.75. The minimum absolute atomic E-state index is 0. The number of hydrogen-bond acceptors (Lipinski definition) is 4. The largest absolute Gasteiger partial charge is 0.379 e. The molecule has 1 unspecified atom stereocenters. The van der Waals surface area contributed by atoms with Gasteiger partial charge in [-0.2, -0.15) is 0 Å². The van der Waals surface area contributed by atoms with Crippen LogP contribution in [0.15, 0.2) is 29.3 Å². The number of halogens is 2. The predicted octanol–water partition coefficient (Wildman–Crippen LogP) is 3.27. The number of benzene rings is 1. The van der Waals surface area contributed by atoms with Crippen LogP contribution in [-0.4, -0.2) is 82.5 Å². The molecule has 1 heterocycles. The second-order valence-electron chi connectivity index (χ2n) is 7.55. The Bertz CT molecular complexity index is 639. The molecule has 29 heavy (non-hydrogen) atoms. The van der Waals surface area contributed by atoms with Crippen molar-refractivity contribution in [2.45, 2.75) is 18.9 Å². The van der Waals surface area contributed by atoms with Crippen molar-refractivity contribution in [3.63, 3.8) is 0 Å².